The molecule has 0 spiro atoms. The first-order valence-corrected chi connectivity index (χ1v) is 13.4. The molecule has 1 aliphatic heterocycles. The number of nitrogens with zero attached hydrogens (tertiary/aromatic N) is 4. The number of carboxylic acid groups (broad SMARTS) is 1. The van der Waals surface area contributed by atoms with E-state index in [1.54, 1.807) is 0 Å². The number of hydrogen-bond donors (Lipinski definition) is 1. The van der Waals surface area contributed by atoms with Crippen LogP contribution in [0.4, 0.5) is 0 Å². The Morgan fingerprint density at radius 1 is 1.16 bits per heavy atom. The fraction of sp³-hybridized carbons (Fsp3) is 0.452. The number of likely N-dealkylation sites (tertiary alicyclic amines) is 1. The number of aliphatic carboxylic acids is 1. The van der Waals surface area contributed by atoms with Gasteiger partial charge < -0.3 is 9.67 Å². The van der Waals surface area contributed by atoms with Crippen LogP contribution in [0.2, 0.25) is 0 Å². The monoisotopic (exact) mass is 498 g/mol. The van der Waals surface area contributed by atoms with Crippen molar-refractivity contribution in [3.63, 3.8) is 0 Å². The van der Waals surface area contributed by atoms with Gasteiger partial charge in [0.1, 0.15) is 0 Å². The number of imidazole rings is 1. The molecule has 1 aromatic heterocycles. The second-order valence-electron chi connectivity index (χ2n) is 10.8. The fourth-order valence-corrected chi connectivity index (χ4v) is 5.95. The molecule has 2 atom stereocenters. The van der Waals surface area contributed by atoms with Gasteiger partial charge in [-0.15, -0.1) is 0 Å². The van der Waals surface area contributed by atoms with E-state index in [1.807, 2.05) is 42.9 Å². The highest BCUT2D eigenvalue weighted by Gasteiger charge is 2.43. The third-order valence-electron chi connectivity index (χ3n) is 7.99. The van der Waals surface area contributed by atoms with Gasteiger partial charge in [-0.1, -0.05) is 62.2 Å². The lowest BCUT2D eigenvalue weighted by Gasteiger charge is -2.44. The van der Waals surface area contributed by atoms with Gasteiger partial charge in [0.15, 0.2) is 0 Å². The van der Waals surface area contributed by atoms with Crippen LogP contribution in [0.3, 0.4) is 0 Å². The molecule has 6 nitrogen and oxygen atoms in total. The topological polar surface area (TPSA) is 82.2 Å². The molecular weight excluding hydrogens is 460 g/mol. The molecule has 37 heavy (non-hydrogen) atoms. The lowest BCUT2D eigenvalue weighted by atomic mass is 9.73. The molecule has 2 unspecified atom stereocenters. The molecule has 2 heterocycles. The molecule has 2 aromatic carbocycles. The SMILES string of the molecule is CCCC(C)C(c1cncn1Cc1ccc(C#N)cc1)N1CCC(Cc2cccc(C)c2)(C(=O)O)CC1. The van der Waals surface area contributed by atoms with Gasteiger partial charge in [0.05, 0.1) is 35.1 Å². The molecule has 1 fully saturated rings. The minimum absolute atomic E-state index is 0.173. The number of hydrogen-bond acceptors (Lipinski definition) is 4. The zero-order chi connectivity index (χ0) is 26.4. The molecule has 1 aliphatic rings. The highest BCUT2D eigenvalue weighted by Crippen LogP contribution is 2.41. The van der Waals surface area contributed by atoms with Gasteiger partial charge in [-0.3, -0.25) is 9.69 Å². The van der Waals surface area contributed by atoms with Crippen LogP contribution in [0.5, 0.6) is 0 Å². The lowest BCUT2D eigenvalue weighted by Crippen LogP contribution is -2.48. The maximum absolute atomic E-state index is 12.6. The van der Waals surface area contributed by atoms with Gasteiger partial charge in [-0.2, -0.15) is 5.26 Å². The predicted octanol–water partition coefficient (Wildman–Crippen LogP) is 6.00. The molecule has 0 radical (unpaired) electrons. The molecule has 194 valence electrons. The highest BCUT2D eigenvalue weighted by molar-refractivity contribution is 5.75. The first-order valence-electron chi connectivity index (χ1n) is 13.4. The maximum atomic E-state index is 12.6. The number of carboxylic acids is 1. The van der Waals surface area contributed by atoms with Crippen molar-refractivity contribution in [2.45, 2.75) is 65.5 Å². The molecule has 0 saturated carbocycles. The van der Waals surface area contributed by atoms with Crippen molar-refractivity contribution in [3.05, 3.63) is 89.0 Å². The van der Waals surface area contributed by atoms with Crippen molar-refractivity contribution in [2.75, 3.05) is 13.1 Å². The first kappa shape index (κ1) is 26.6. The number of carbonyl (C=O) groups is 1. The summed E-state index contributed by atoms with van der Waals surface area (Å²) in [5, 5.41) is 19.4. The Morgan fingerprint density at radius 2 is 1.89 bits per heavy atom. The standard InChI is InChI=1S/C31H38N4O2/c1-4-6-24(3)29(28-20-33-22-35(28)21-26-11-9-25(19-32)10-12-26)34-15-13-31(14-16-34,30(36)37)18-27-8-5-7-23(2)17-27/h5,7-12,17,20,22,24,29H,4,6,13-16,18,21H2,1-3H3,(H,36,37). The maximum Gasteiger partial charge on any atom is 0.310 e. The minimum atomic E-state index is -0.731. The number of aromatic nitrogens is 2. The third kappa shape index (κ3) is 6.11. The van der Waals surface area contributed by atoms with Crippen LogP contribution in [0.15, 0.2) is 61.1 Å². The van der Waals surface area contributed by atoms with Gasteiger partial charge in [0, 0.05) is 12.7 Å². The van der Waals surface area contributed by atoms with Crippen LogP contribution in [0.1, 0.15) is 73.5 Å². The van der Waals surface area contributed by atoms with Crippen molar-refractivity contribution in [1.29, 1.82) is 5.26 Å². The van der Waals surface area contributed by atoms with Gasteiger partial charge in [0.25, 0.3) is 0 Å². The normalized spacial score (nSPS) is 17.1. The summed E-state index contributed by atoms with van der Waals surface area (Å²) >= 11 is 0. The van der Waals surface area contributed by atoms with E-state index >= 15 is 0 Å². The van der Waals surface area contributed by atoms with Crippen molar-refractivity contribution in [2.24, 2.45) is 11.3 Å². The van der Waals surface area contributed by atoms with E-state index in [9.17, 15) is 9.90 Å². The Labute approximate surface area is 220 Å². The molecule has 3 aromatic rings. The Hall–Kier alpha value is -3.43. The van der Waals surface area contributed by atoms with Crippen molar-refractivity contribution < 1.29 is 9.90 Å². The number of nitriles is 1. The van der Waals surface area contributed by atoms with Crippen LogP contribution in [0.25, 0.3) is 0 Å². The van der Waals surface area contributed by atoms with E-state index in [0.717, 1.165) is 37.1 Å². The van der Waals surface area contributed by atoms with Crippen LogP contribution in [0, 0.1) is 29.6 Å². The average molecular weight is 499 g/mol. The molecular formula is C31H38N4O2. The van der Waals surface area contributed by atoms with E-state index < -0.39 is 11.4 Å². The van der Waals surface area contributed by atoms with E-state index in [4.69, 9.17) is 5.26 Å². The van der Waals surface area contributed by atoms with E-state index in [1.165, 1.54) is 11.3 Å². The Kier molecular flexibility index (Phi) is 8.45. The highest BCUT2D eigenvalue weighted by atomic mass is 16.4. The van der Waals surface area contributed by atoms with E-state index in [2.05, 4.69) is 59.5 Å². The van der Waals surface area contributed by atoms with Gasteiger partial charge in [0.2, 0.25) is 0 Å². The molecule has 0 aliphatic carbocycles. The summed E-state index contributed by atoms with van der Waals surface area (Å²) < 4.78 is 2.21. The number of aryl methyl sites for hydroxylation is 1. The summed E-state index contributed by atoms with van der Waals surface area (Å²) in [5.74, 6) is -0.270. The van der Waals surface area contributed by atoms with E-state index in [-0.39, 0.29) is 6.04 Å². The summed E-state index contributed by atoms with van der Waals surface area (Å²) in [4.78, 5) is 19.6. The Morgan fingerprint density at radius 3 is 2.51 bits per heavy atom. The Balaban J connectivity index is 1.56. The summed E-state index contributed by atoms with van der Waals surface area (Å²) in [6.45, 7) is 8.77. The largest absolute Gasteiger partial charge is 0.481 e. The van der Waals surface area contributed by atoms with Crippen LogP contribution in [-0.4, -0.2) is 38.6 Å². The van der Waals surface area contributed by atoms with Crippen LogP contribution >= 0.6 is 0 Å². The molecule has 0 bridgehead atoms. The fourth-order valence-electron chi connectivity index (χ4n) is 5.95. The third-order valence-corrected chi connectivity index (χ3v) is 7.99. The van der Waals surface area contributed by atoms with Gasteiger partial charge in [-0.05, 0) is 74.9 Å². The second-order valence-corrected chi connectivity index (χ2v) is 10.8. The summed E-state index contributed by atoms with van der Waals surface area (Å²) in [6.07, 6.45) is 7.90. The number of benzene rings is 2. The minimum Gasteiger partial charge on any atom is -0.481 e. The van der Waals surface area contributed by atoms with Crippen molar-refractivity contribution in [1.82, 2.24) is 14.5 Å². The average Bonchev–Trinajstić information content (AvgIpc) is 3.33. The first-order chi connectivity index (χ1) is 17.8. The summed E-state index contributed by atoms with van der Waals surface area (Å²) in [7, 11) is 0. The second kappa shape index (κ2) is 11.7. The van der Waals surface area contributed by atoms with Gasteiger partial charge in [-0.25, -0.2) is 4.98 Å². The lowest BCUT2D eigenvalue weighted by molar-refractivity contribution is -0.152. The van der Waals surface area contributed by atoms with Crippen LogP contribution in [-0.2, 0) is 17.8 Å². The zero-order valence-electron chi connectivity index (χ0n) is 22.2. The molecule has 4 rings (SSSR count). The Bertz CT molecular complexity index is 1230. The number of rotatable bonds is 10. The molecule has 1 saturated heterocycles. The van der Waals surface area contributed by atoms with Gasteiger partial charge >= 0.3 is 5.97 Å². The van der Waals surface area contributed by atoms with Crippen molar-refractivity contribution in [3.8, 4) is 6.07 Å². The number of piperidine rings is 1. The quantitative estimate of drug-likeness (QED) is 0.371. The summed E-state index contributed by atoms with van der Waals surface area (Å²) in [6, 6.07) is 18.3. The van der Waals surface area contributed by atoms with E-state index in [0.29, 0.717) is 37.3 Å². The van der Waals surface area contributed by atoms with Crippen LogP contribution < -0.4 is 0 Å². The zero-order valence-corrected chi connectivity index (χ0v) is 22.2. The summed E-state index contributed by atoms with van der Waals surface area (Å²) in [5.41, 5.74) is 4.50. The van der Waals surface area contributed by atoms with Crippen molar-refractivity contribution >= 4 is 5.97 Å². The smallest absolute Gasteiger partial charge is 0.310 e. The predicted molar refractivity (Wildman–Crippen MR) is 145 cm³/mol. The molecule has 6 heteroatoms. The molecule has 1 N–H and O–H groups in total. The molecule has 0 amide bonds.